The van der Waals surface area contributed by atoms with Crippen molar-refractivity contribution in [2.75, 3.05) is 19.7 Å². The highest BCUT2D eigenvalue weighted by Crippen LogP contribution is 2.34. The molecule has 0 radical (unpaired) electrons. The smallest absolute Gasteiger partial charge is 0.0888 e. The number of fused-ring (bicyclic) bond motifs is 1. The van der Waals surface area contributed by atoms with Crippen molar-refractivity contribution in [3.05, 3.63) is 76.4 Å². The third-order valence-corrected chi connectivity index (χ3v) is 5.95. The minimum atomic E-state index is 0.0978. The van der Waals surface area contributed by atoms with Crippen LogP contribution >= 0.6 is 15.9 Å². The van der Waals surface area contributed by atoms with Gasteiger partial charge in [0.15, 0.2) is 0 Å². The molecule has 1 aliphatic rings. The maximum atomic E-state index is 6.21. The van der Waals surface area contributed by atoms with Crippen LogP contribution in [0.5, 0.6) is 0 Å². The summed E-state index contributed by atoms with van der Waals surface area (Å²) >= 11 is 3.66. The molecule has 3 nitrogen and oxygen atoms in total. The molecule has 26 heavy (non-hydrogen) atoms. The highest BCUT2D eigenvalue weighted by Gasteiger charge is 2.34. The number of ether oxygens (including phenoxy) is 1. The minimum Gasteiger partial charge on any atom is -0.374 e. The fourth-order valence-electron chi connectivity index (χ4n) is 3.82. The van der Waals surface area contributed by atoms with Gasteiger partial charge in [-0.2, -0.15) is 0 Å². The van der Waals surface area contributed by atoms with E-state index in [9.17, 15) is 0 Å². The Morgan fingerprint density at radius 3 is 2.54 bits per heavy atom. The zero-order chi connectivity index (χ0) is 17.8. The Labute approximate surface area is 162 Å². The van der Waals surface area contributed by atoms with Gasteiger partial charge in [-0.1, -0.05) is 64.5 Å². The first kappa shape index (κ1) is 17.7. The summed E-state index contributed by atoms with van der Waals surface area (Å²) in [5.74, 6) is 0. The summed E-state index contributed by atoms with van der Waals surface area (Å²) in [6.45, 7) is 3.34. The highest BCUT2D eigenvalue weighted by atomic mass is 79.9. The van der Waals surface area contributed by atoms with Crippen LogP contribution in [-0.2, 0) is 16.8 Å². The Morgan fingerprint density at radius 1 is 1.00 bits per heavy atom. The zero-order valence-corrected chi connectivity index (χ0v) is 16.3. The van der Waals surface area contributed by atoms with Crippen LogP contribution in [0.1, 0.15) is 24.1 Å². The van der Waals surface area contributed by atoms with Gasteiger partial charge in [-0.25, -0.2) is 0 Å². The molecule has 0 amide bonds. The van der Waals surface area contributed by atoms with E-state index in [4.69, 9.17) is 9.72 Å². The number of benzene rings is 2. The van der Waals surface area contributed by atoms with Crippen molar-refractivity contribution in [2.45, 2.75) is 24.9 Å². The number of halogens is 1. The largest absolute Gasteiger partial charge is 0.374 e. The van der Waals surface area contributed by atoms with E-state index in [-0.39, 0.29) is 5.41 Å². The Balaban J connectivity index is 1.50. The van der Waals surface area contributed by atoms with Crippen molar-refractivity contribution in [3.8, 4) is 0 Å². The Hall–Kier alpha value is -1.75. The Morgan fingerprint density at radius 2 is 1.73 bits per heavy atom. The van der Waals surface area contributed by atoms with Gasteiger partial charge in [-0.05, 0) is 43.6 Å². The molecular weight excluding hydrogens is 388 g/mol. The predicted molar refractivity (Wildman–Crippen MR) is 109 cm³/mol. The number of piperidine rings is 1. The lowest BCUT2D eigenvalue weighted by atomic mass is 9.74. The maximum Gasteiger partial charge on any atom is 0.0888 e. The molecule has 0 bridgehead atoms. The molecule has 1 saturated heterocycles. The van der Waals surface area contributed by atoms with E-state index in [0.717, 1.165) is 53.6 Å². The quantitative estimate of drug-likeness (QED) is 0.653. The van der Waals surface area contributed by atoms with Crippen molar-refractivity contribution in [2.24, 2.45) is 0 Å². The number of pyridine rings is 1. The number of nitrogens with one attached hydrogen (secondary N) is 1. The van der Waals surface area contributed by atoms with E-state index in [0.29, 0.717) is 6.61 Å². The van der Waals surface area contributed by atoms with Crippen LogP contribution in [0, 0.1) is 0 Å². The molecule has 4 rings (SSSR count). The molecule has 4 heteroatoms. The summed E-state index contributed by atoms with van der Waals surface area (Å²) in [7, 11) is 0. The Kier molecular flexibility index (Phi) is 5.34. The van der Waals surface area contributed by atoms with Crippen LogP contribution in [-0.4, -0.2) is 24.7 Å². The van der Waals surface area contributed by atoms with Crippen LogP contribution in [0.15, 0.2) is 65.1 Å². The van der Waals surface area contributed by atoms with Gasteiger partial charge < -0.3 is 10.1 Å². The second-order valence-corrected chi connectivity index (χ2v) is 7.86. The minimum absolute atomic E-state index is 0.0978. The lowest BCUT2D eigenvalue weighted by molar-refractivity contribution is 0.0549. The van der Waals surface area contributed by atoms with Crippen LogP contribution in [0.25, 0.3) is 10.9 Å². The van der Waals surface area contributed by atoms with Gasteiger partial charge in [-0.15, -0.1) is 0 Å². The molecule has 2 heterocycles. The zero-order valence-electron chi connectivity index (χ0n) is 14.7. The van der Waals surface area contributed by atoms with Gasteiger partial charge in [-0.3, -0.25) is 4.98 Å². The average Bonchev–Trinajstić information content (AvgIpc) is 2.69. The molecule has 1 aromatic heterocycles. The van der Waals surface area contributed by atoms with E-state index in [1.54, 1.807) is 0 Å². The molecule has 0 spiro atoms. The SMILES string of the molecule is Brc1cc(COCC2(c3ccccc3)CCNCC2)nc2ccccc12. The standard InChI is InChI=1S/C22H23BrN2O/c23-20-14-18(25-21-9-5-4-8-19(20)21)15-26-16-22(10-12-24-13-11-22)17-6-2-1-3-7-17/h1-9,14,24H,10-13,15-16H2. The fraction of sp³-hybridized carbons (Fsp3) is 0.318. The second-order valence-electron chi connectivity index (χ2n) is 7.00. The molecule has 0 unspecified atom stereocenters. The van der Waals surface area contributed by atoms with Crippen LogP contribution < -0.4 is 5.32 Å². The third-order valence-electron chi connectivity index (χ3n) is 5.29. The van der Waals surface area contributed by atoms with Crippen molar-refractivity contribution >= 4 is 26.8 Å². The van der Waals surface area contributed by atoms with Crippen molar-refractivity contribution in [1.82, 2.24) is 10.3 Å². The maximum absolute atomic E-state index is 6.21. The molecule has 1 N–H and O–H groups in total. The van der Waals surface area contributed by atoms with E-state index >= 15 is 0 Å². The van der Waals surface area contributed by atoms with Gasteiger partial charge in [0, 0.05) is 15.3 Å². The first-order valence-electron chi connectivity index (χ1n) is 9.15. The number of hydrogen-bond acceptors (Lipinski definition) is 3. The average molecular weight is 411 g/mol. The summed E-state index contributed by atoms with van der Waals surface area (Å²) in [6.07, 6.45) is 2.21. The van der Waals surface area contributed by atoms with E-state index in [1.807, 2.05) is 18.2 Å². The van der Waals surface area contributed by atoms with Crippen LogP contribution in [0.2, 0.25) is 0 Å². The second kappa shape index (κ2) is 7.87. The van der Waals surface area contributed by atoms with Crippen LogP contribution in [0.4, 0.5) is 0 Å². The first-order valence-corrected chi connectivity index (χ1v) is 9.94. The summed E-state index contributed by atoms with van der Waals surface area (Å²) in [4.78, 5) is 4.75. The molecule has 3 aromatic rings. The van der Waals surface area contributed by atoms with Gasteiger partial charge in [0.05, 0.1) is 24.4 Å². The summed E-state index contributed by atoms with van der Waals surface area (Å²) in [5, 5.41) is 4.61. The third kappa shape index (κ3) is 3.68. The fourth-order valence-corrected chi connectivity index (χ4v) is 4.42. The molecule has 0 aliphatic carbocycles. The van der Waals surface area contributed by atoms with Gasteiger partial charge >= 0.3 is 0 Å². The molecule has 0 saturated carbocycles. The van der Waals surface area contributed by atoms with Gasteiger partial charge in [0.25, 0.3) is 0 Å². The lowest BCUT2D eigenvalue weighted by Gasteiger charge is -2.38. The number of hydrogen-bond donors (Lipinski definition) is 1. The predicted octanol–water partition coefficient (Wildman–Crippen LogP) is 4.84. The van der Waals surface area contributed by atoms with Crippen molar-refractivity contribution < 1.29 is 4.74 Å². The van der Waals surface area contributed by atoms with Crippen LogP contribution in [0.3, 0.4) is 0 Å². The molecule has 0 atom stereocenters. The van der Waals surface area contributed by atoms with E-state index in [1.165, 1.54) is 5.56 Å². The molecular formula is C22H23BrN2O. The first-order chi connectivity index (χ1) is 12.8. The molecule has 1 aliphatic heterocycles. The number of para-hydroxylation sites is 1. The Bertz CT molecular complexity index is 876. The normalized spacial score (nSPS) is 16.7. The van der Waals surface area contributed by atoms with Gasteiger partial charge in [0.1, 0.15) is 0 Å². The molecule has 2 aromatic carbocycles. The summed E-state index contributed by atoms with van der Waals surface area (Å²) < 4.78 is 7.28. The van der Waals surface area contributed by atoms with E-state index < -0.39 is 0 Å². The number of nitrogens with zero attached hydrogens (tertiary/aromatic N) is 1. The lowest BCUT2D eigenvalue weighted by Crippen LogP contribution is -2.43. The van der Waals surface area contributed by atoms with Crippen molar-refractivity contribution in [3.63, 3.8) is 0 Å². The highest BCUT2D eigenvalue weighted by molar-refractivity contribution is 9.10. The summed E-state index contributed by atoms with van der Waals surface area (Å²) in [5.41, 5.74) is 3.45. The molecule has 1 fully saturated rings. The van der Waals surface area contributed by atoms with Crippen molar-refractivity contribution in [1.29, 1.82) is 0 Å². The van der Waals surface area contributed by atoms with Gasteiger partial charge in [0.2, 0.25) is 0 Å². The number of rotatable bonds is 5. The molecule has 134 valence electrons. The van der Waals surface area contributed by atoms with E-state index in [2.05, 4.69) is 63.7 Å². The monoisotopic (exact) mass is 410 g/mol. The topological polar surface area (TPSA) is 34.1 Å². The summed E-state index contributed by atoms with van der Waals surface area (Å²) in [6, 6.07) is 21.0. The number of aromatic nitrogens is 1.